The first-order chi connectivity index (χ1) is 7.31. The lowest BCUT2D eigenvalue weighted by Gasteiger charge is -2.24. The maximum Gasteiger partial charge on any atom is 0.528 e. The molecule has 0 spiro atoms. The Labute approximate surface area is 94.1 Å². The number of aliphatic hydroxyl groups is 1. The van der Waals surface area contributed by atoms with Gasteiger partial charge in [0.2, 0.25) is 0 Å². The molecule has 0 aromatic rings. The minimum Gasteiger partial charge on any atom is -0.427 e. The van der Waals surface area contributed by atoms with Crippen LogP contribution in [0.4, 0.5) is 9.18 Å². The highest BCUT2D eigenvalue weighted by Gasteiger charge is 2.35. The van der Waals surface area contributed by atoms with E-state index in [-0.39, 0.29) is 19.6 Å². The van der Waals surface area contributed by atoms with Gasteiger partial charge in [0.05, 0.1) is 19.2 Å². The zero-order valence-corrected chi connectivity index (χ0v) is 9.77. The quantitative estimate of drug-likeness (QED) is 0.730. The topological polar surface area (TPSA) is 59.0 Å². The Kier molecular flexibility index (Phi) is 4.09. The molecule has 1 aliphatic rings. The molecule has 0 amide bonds. The van der Waals surface area contributed by atoms with Gasteiger partial charge in [0.1, 0.15) is 11.8 Å². The van der Waals surface area contributed by atoms with Crippen LogP contribution in [0, 0.1) is 0 Å². The second kappa shape index (κ2) is 4.97. The summed E-state index contributed by atoms with van der Waals surface area (Å²) in [6.45, 7) is 4.85. The first-order valence-corrected chi connectivity index (χ1v) is 5.24. The van der Waals surface area contributed by atoms with E-state index in [1.807, 2.05) is 0 Å². The molecular weight excluding hydrogens is 217 g/mol. The first kappa shape index (κ1) is 13.2. The molecule has 2 atom stereocenters. The SMILES string of the molecule is CC(C)(C)OC(=O)ON1C[C@@H](F)C[C@@H]1CO. The second-order valence-electron chi connectivity index (χ2n) is 4.82. The van der Waals surface area contributed by atoms with Gasteiger partial charge in [-0.1, -0.05) is 0 Å². The number of aliphatic hydroxyl groups excluding tert-OH is 1. The Bertz CT molecular complexity index is 254. The molecular formula is C10H18FNO4. The Balaban J connectivity index is 2.44. The van der Waals surface area contributed by atoms with Crippen LogP contribution in [0.15, 0.2) is 0 Å². The predicted molar refractivity (Wildman–Crippen MR) is 54.4 cm³/mol. The largest absolute Gasteiger partial charge is 0.528 e. The number of hydrogen-bond acceptors (Lipinski definition) is 5. The summed E-state index contributed by atoms with van der Waals surface area (Å²) in [5.74, 6) is 0. The molecule has 0 aromatic carbocycles. The summed E-state index contributed by atoms with van der Waals surface area (Å²) in [6, 6.07) is -0.484. The number of carbonyl (C=O) groups is 1. The van der Waals surface area contributed by atoms with Crippen molar-refractivity contribution in [3.8, 4) is 0 Å². The van der Waals surface area contributed by atoms with Crippen molar-refractivity contribution in [3.05, 3.63) is 0 Å². The van der Waals surface area contributed by atoms with E-state index in [1.165, 1.54) is 0 Å². The minimum absolute atomic E-state index is 0.0233. The fourth-order valence-corrected chi connectivity index (χ4v) is 1.47. The molecule has 1 saturated heterocycles. The normalized spacial score (nSPS) is 26.8. The average Bonchev–Trinajstić information content (AvgIpc) is 2.42. The molecule has 5 nitrogen and oxygen atoms in total. The van der Waals surface area contributed by atoms with E-state index in [0.717, 1.165) is 5.06 Å². The Hall–Kier alpha value is -0.880. The van der Waals surface area contributed by atoms with Gasteiger partial charge in [0, 0.05) is 6.42 Å². The van der Waals surface area contributed by atoms with Crippen molar-refractivity contribution < 1.29 is 23.9 Å². The lowest BCUT2D eigenvalue weighted by molar-refractivity contribution is -0.157. The first-order valence-electron chi connectivity index (χ1n) is 5.24. The van der Waals surface area contributed by atoms with Crippen LogP contribution in [0.25, 0.3) is 0 Å². The molecule has 1 fully saturated rings. The number of alkyl halides is 1. The van der Waals surface area contributed by atoms with Crippen molar-refractivity contribution in [1.82, 2.24) is 5.06 Å². The average molecular weight is 235 g/mol. The van der Waals surface area contributed by atoms with Crippen molar-refractivity contribution in [1.29, 1.82) is 0 Å². The number of ether oxygens (including phenoxy) is 1. The van der Waals surface area contributed by atoms with Crippen molar-refractivity contribution in [3.63, 3.8) is 0 Å². The van der Waals surface area contributed by atoms with Crippen LogP contribution in [-0.4, -0.2) is 47.3 Å². The fourth-order valence-electron chi connectivity index (χ4n) is 1.47. The van der Waals surface area contributed by atoms with Crippen molar-refractivity contribution in [2.75, 3.05) is 13.2 Å². The van der Waals surface area contributed by atoms with Gasteiger partial charge in [-0.3, -0.25) is 0 Å². The summed E-state index contributed by atoms with van der Waals surface area (Å²) >= 11 is 0. The molecule has 0 bridgehead atoms. The van der Waals surface area contributed by atoms with Crippen LogP contribution in [0.5, 0.6) is 0 Å². The second-order valence-corrected chi connectivity index (χ2v) is 4.82. The Morgan fingerprint density at radius 2 is 2.19 bits per heavy atom. The van der Waals surface area contributed by atoms with Gasteiger partial charge in [0.25, 0.3) is 0 Å². The molecule has 0 unspecified atom stereocenters. The highest BCUT2D eigenvalue weighted by molar-refractivity contribution is 5.60. The fraction of sp³-hybridized carbons (Fsp3) is 0.900. The van der Waals surface area contributed by atoms with Crippen molar-refractivity contribution in [2.45, 2.75) is 45.0 Å². The van der Waals surface area contributed by atoms with Gasteiger partial charge in [-0.15, -0.1) is 5.06 Å². The summed E-state index contributed by atoms with van der Waals surface area (Å²) in [5, 5.41) is 10.1. The minimum atomic E-state index is -1.08. The van der Waals surface area contributed by atoms with E-state index in [4.69, 9.17) is 14.7 Å². The third kappa shape index (κ3) is 3.94. The number of hydrogen-bond donors (Lipinski definition) is 1. The molecule has 0 saturated carbocycles. The molecule has 0 aromatic heterocycles. The third-order valence-corrected chi connectivity index (χ3v) is 2.11. The molecule has 1 aliphatic heterocycles. The third-order valence-electron chi connectivity index (χ3n) is 2.11. The Morgan fingerprint density at radius 1 is 1.56 bits per heavy atom. The highest BCUT2D eigenvalue weighted by atomic mass is 19.1. The number of nitrogens with zero attached hydrogens (tertiary/aromatic N) is 1. The maximum absolute atomic E-state index is 13.0. The van der Waals surface area contributed by atoms with Gasteiger partial charge < -0.3 is 14.7 Å². The smallest absolute Gasteiger partial charge is 0.427 e. The van der Waals surface area contributed by atoms with E-state index in [2.05, 4.69) is 0 Å². The number of halogens is 1. The van der Waals surface area contributed by atoms with E-state index in [1.54, 1.807) is 20.8 Å². The summed E-state index contributed by atoms with van der Waals surface area (Å²) in [7, 11) is 0. The van der Waals surface area contributed by atoms with Crippen LogP contribution < -0.4 is 0 Å². The van der Waals surface area contributed by atoms with Gasteiger partial charge in [0.15, 0.2) is 0 Å². The molecule has 94 valence electrons. The van der Waals surface area contributed by atoms with Crippen LogP contribution >= 0.6 is 0 Å². The van der Waals surface area contributed by atoms with Crippen molar-refractivity contribution >= 4 is 6.16 Å². The lowest BCUT2D eigenvalue weighted by atomic mass is 10.2. The van der Waals surface area contributed by atoms with Crippen LogP contribution in [0.2, 0.25) is 0 Å². The number of carbonyl (C=O) groups excluding carboxylic acids is 1. The summed E-state index contributed by atoms with van der Waals surface area (Å²) in [5.41, 5.74) is -0.652. The molecule has 1 N–H and O–H groups in total. The van der Waals surface area contributed by atoms with E-state index in [0.29, 0.717) is 0 Å². The molecule has 1 rings (SSSR count). The standard InChI is InChI=1S/C10H18FNO4/c1-10(2,3)15-9(14)16-12-5-7(11)4-8(12)6-13/h7-8,13H,4-6H2,1-3H3/t7-,8+/m0/s1. The van der Waals surface area contributed by atoms with Crippen molar-refractivity contribution in [2.24, 2.45) is 0 Å². The van der Waals surface area contributed by atoms with E-state index < -0.39 is 24.0 Å². The van der Waals surface area contributed by atoms with Crippen LogP contribution in [-0.2, 0) is 9.57 Å². The summed E-state index contributed by atoms with van der Waals surface area (Å²) in [6.07, 6.45) is -1.79. The number of rotatable bonds is 2. The van der Waals surface area contributed by atoms with E-state index >= 15 is 0 Å². The monoisotopic (exact) mass is 235 g/mol. The highest BCUT2D eigenvalue weighted by Crippen LogP contribution is 2.21. The van der Waals surface area contributed by atoms with E-state index in [9.17, 15) is 9.18 Å². The zero-order chi connectivity index (χ0) is 12.3. The van der Waals surface area contributed by atoms with Gasteiger partial charge in [-0.2, -0.15) is 0 Å². The molecule has 6 heteroatoms. The summed E-state index contributed by atoms with van der Waals surface area (Å²) < 4.78 is 17.9. The molecule has 0 radical (unpaired) electrons. The van der Waals surface area contributed by atoms with Gasteiger partial charge >= 0.3 is 6.16 Å². The lowest BCUT2D eigenvalue weighted by Crippen LogP contribution is -2.37. The molecule has 0 aliphatic carbocycles. The van der Waals surface area contributed by atoms with Crippen LogP contribution in [0.3, 0.4) is 0 Å². The van der Waals surface area contributed by atoms with Crippen LogP contribution in [0.1, 0.15) is 27.2 Å². The number of hydroxylamine groups is 2. The molecule has 16 heavy (non-hydrogen) atoms. The van der Waals surface area contributed by atoms with Gasteiger partial charge in [-0.25, -0.2) is 9.18 Å². The predicted octanol–water partition coefficient (Wildman–Crippen LogP) is 1.26. The Morgan fingerprint density at radius 3 is 2.69 bits per heavy atom. The maximum atomic E-state index is 13.0. The summed E-state index contributed by atoms with van der Waals surface area (Å²) in [4.78, 5) is 16.1. The van der Waals surface area contributed by atoms with Gasteiger partial charge in [-0.05, 0) is 20.8 Å². The zero-order valence-electron chi connectivity index (χ0n) is 9.77. The molecule has 1 heterocycles.